The zero-order valence-electron chi connectivity index (χ0n) is 13.5. The molecule has 0 aliphatic rings. The van der Waals surface area contributed by atoms with Crippen molar-refractivity contribution in [3.63, 3.8) is 0 Å². The van der Waals surface area contributed by atoms with Crippen LogP contribution in [0.15, 0.2) is 24.4 Å². The zero-order valence-corrected chi connectivity index (χ0v) is 14.5. The summed E-state index contributed by atoms with van der Waals surface area (Å²) in [5, 5.41) is 0. The minimum absolute atomic E-state index is 0.289. The Bertz CT molecular complexity index is 412. The molecule has 7 heteroatoms. The Labute approximate surface area is 133 Å². The van der Waals surface area contributed by atoms with Crippen LogP contribution in [-0.2, 0) is 18.0 Å². The molecule has 0 bridgehead atoms. The van der Waals surface area contributed by atoms with Crippen molar-refractivity contribution < 1.29 is 22.8 Å². The first-order chi connectivity index (χ1) is 10.7. The van der Waals surface area contributed by atoms with E-state index in [-0.39, 0.29) is 6.61 Å². The number of carbonyl (C=O) groups is 1. The fourth-order valence-corrected chi connectivity index (χ4v) is 4.59. The van der Waals surface area contributed by atoms with Gasteiger partial charge in [-0.3, -0.25) is 0 Å². The van der Waals surface area contributed by atoms with Crippen LogP contribution in [0.25, 0.3) is 0 Å². The third-order valence-corrected chi connectivity index (χ3v) is 5.98. The second kappa shape index (κ2) is 10.4. The number of esters is 1. The van der Waals surface area contributed by atoms with Crippen LogP contribution < -0.4 is 0 Å². The summed E-state index contributed by atoms with van der Waals surface area (Å²) in [6.45, 7) is 7.67. The summed E-state index contributed by atoms with van der Waals surface area (Å²) in [5.41, 5.74) is 0.311. The Morgan fingerprint density at radius 2 is 1.73 bits per heavy atom. The molecule has 124 valence electrons. The molecule has 1 aromatic rings. The van der Waals surface area contributed by atoms with Crippen LogP contribution in [0.3, 0.4) is 0 Å². The van der Waals surface area contributed by atoms with Crippen molar-refractivity contribution >= 4 is 14.8 Å². The lowest BCUT2D eigenvalue weighted by Gasteiger charge is -2.28. The van der Waals surface area contributed by atoms with Crippen LogP contribution in [0, 0.1) is 0 Å². The number of rotatable bonds is 11. The van der Waals surface area contributed by atoms with Crippen molar-refractivity contribution in [2.75, 3.05) is 26.4 Å². The van der Waals surface area contributed by atoms with E-state index in [2.05, 4.69) is 4.98 Å². The normalized spacial score (nSPS) is 11.4. The molecule has 1 heterocycles. The van der Waals surface area contributed by atoms with Crippen LogP contribution in [0.2, 0.25) is 6.04 Å². The molecule has 0 fully saturated rings. The van der Waals surface area contributed by atoms with Crippen LogP contribution in [-0.4, -0.2) is 46.2 Å². The van der Waals surface area contributed by atoms with Crippen molar-refractivity contribution in [3.05, 3.63) is 30.1 Å². The fraction of sp³-hybridized carbons (Fsp3) is 0.600. The van der Waals surface area contributed by atoms with Gasteiger partial charge < -0.3 is 18.0 Å². The number of hydrogen-bond acceptors (Lipinski definition) is 6. The molecule has 0 aromatic carbocycles. The fourth-order valence-electron chi connectivity index (χ4n) is 2.01. The maximum atomic E-state index is 11.8. The average Bonchev–Trinajstić information content (AvgIpc) is 2.53. The Morgan fingerprint density at radius 3 is 2.23 bits per heavy atom. The highest BCUT2D eigenvalue weighted by Gasteiger charge is 2.39. The van der Waals surface area contributed by atoms with Crippen molar-refractivity contribution in [2.24, 2.45) is 0 Å². The first kappa shape index (κ1) is 18.8. The summed E-state index contributed by atoms with van der Waals surface area (Å²) in [4.78, 5) is 15.7. The van der Waals surface area contributed by atoms with Crippen LogP contribution in [0.5, 0.6) is 0 Å². The van der Waals surface area contributed by atoms with Gasteiger partial charge in [0.05, 0.1) is 6.61 Å². The summed E-state index contributed by atoms with van der Waals surface area (Å²) >= 11 is 0. The molecule has 0 spiro atoms. The first-order valence-corrected chi connectivity index (χ1v) is 9.60. The van der Waals surface area contributed by atoms with Crippen LogP contribution in [0.1, 0.15) is 37.7 Å². The molecule has 1 rings (SSSR count). The zero-order chi connectivity index (χ0) is 16.3. The molecule has 0 amide bonds. The SMILES string of the molecule is CCO[Si](CCCOC(=O)c1ccccn1)(OCC)OCC. The van der Waals surface area contributed by atoms with E-state index in [1.165, 1.54) is 0 Å². The topological polar surface area (TPSA) is 66.9 Å². The van der Waals surface area contributed by atoms with Crippen molar-refractivity contribution in [2.45, 2.75) is 33.2 Å². The molecule has 0 N–H and O–H groups in total. The van der Waals surface area contributed by atoms with E-state index in [9.17, 15) is 4.79 Å². The maximum Gasteiger partial charge on any atom is 0.501 e. The number of nitrogens with zero attached hydrogens (tertiary/aromatic N) is 1. The molecule has 1 aromatic heterocycles. The van der Waals surface area contributed by atoms with Gasteiger partial charge in [0.2, 0.25) is 0 Å². The smallest absolute Gasteiger partial charge is 0.461 e. The Hall–Kier alpha value is -1.28. The van der Waals surface area contributed by atoms with Gasteiger partial charge in [0, 0.05) is 32.1 Å². The van der Waals surface area contributed by atoms with E-state index >= 15 is 0 Å². The summed E-state index contributed by atoms with van der Waals surface area (Å²) in [6, 6.07) is 5.75. The molecule has 0 unspecified atom stereocenters. The van der Waals surface area contributed by atoms with Gasteiger partial charge in [0.1, 0.15) is 5.69 Å². The third kappa shape index (κ3) is 6.23. The molecule has 0 saturated heterocycles. The van der Waals surface area contributed by atoms with Gasteiger partial charge in [-0.05, 0) is 39.3 Å². The largest absolute Gasteiger partial charge is 0.501 e. The molecule has 6 nitrogen and oxygen atoms in total. The quantitative estimate of drug-likeness (QED) is 0.354. The van der Waals surface area contributed by atoms with E-state index in [1.807, 2.05) is 20.8 Å². The summed E-state index contributed by atoms with van der Waals surface area (Å²) in [7, 11) is -2.65. The molecule has 22 heavy (non-hydrogen) atoms. The summed E-state index contributed by atoms with van der Waals surface area (Å²) in [5.74, 6) is -0.419. The van der Waals surface area contributed by atoms with Crippen LogP contribution in [0.4, 0.5) is 0 Å². The lowest BCUT2D eigenvalue weighted by molar-refractivity contribution is 0.0463. The Balaban J connectivity index is 2.43. The highest BCUT2D eigenvalue weighted by Crippen LogP contribution is 2.18. The number of carbonyl (C=O) groups excluding carboxylic acids is 1. The Morgan fingerprint density at radius 1 is 1.09 bits per heavy atom. The molecule has 0 aliphatic heterocycles. The number of pyridine rings is 1. The van der Waals surface area contributed by atoms with Gasteiger partial charge in [-0.25, -0.2) is 9.78 Å². The van der Waals surface area contributed by atoms with Gasteiger partial charge in [0.25, 0.3) is 0 Å². The maximum absolute atomic E-state index is 11.8. The standard InChI is InChI=1S/C15H25NO5Si/c1-4-19-22(20-5-2,21-6-3)13-9-12-18-15(17)14-10-7-8-11-16-14/h7-8,10-11H,4-6,9,12-13H2,1-3H3. The minimum atomic E-state index is -2.65. The van der Waals surface area contributed by atoms with Gasteiger partial charge in [-0.2, -0.15) is 0 Å². The summed E-state index contributed by atoms with van der Waals surface area (Å²) < 4.78 is 22.4. The van der Waals surface area contributed by atoms with Gasteiger partial charge in [-0.1, -0.05) is 6.07 Å². The van der Waals surface area contributed by atoms with Crippen molar-refractivity contribution in [1.82, 2.24) is 4.98 Å². The molecular formula is C15H25NO5Si. The van der Waals surface area contributed by atoms with E-state index in [0.717, 1.165) is 0 Å². The second-order valence-electron chi connectivity index (χ2n) is 4.44. The second-order valence-corrected chi connectivity index (χ2v) is 7.17. The van der Waals surface area contributed by atoms with E-state index < -0.39 is 14.8 Å². The third-order valence-electron chi connectivity index (χ3n) is 2.83. The average molecular weight is 327 g/mol. The highest BCUT2D eigenvalue weighted by molar-refractivity contribution is 6.60. The van der Waals surface area contributed by atoms with Crippen molar-refractivity contribution in [3.8, 4) is 0 Å². The van der Waals surface area contributed by atoms with Crippen LogP contribution >= 0.6 is 0 Å². The molecule has 0 saturated carbocycles. The van der Waals surface area contributed by atoms with E-state index in [4.69, 9.17) is 18.0 Å². The van der Waals surface area contributed by atoms with Gasteiger partial charge in [-0.15, -0.1) is 0 Å². The van der Waals surface area contributed by atoms with E-state index in [0.29, 0.717) is 38.0 Å². The van der Waals surface area contributed by atoms with E-state index in [1.54, 1.807) is 24.4 Å². The predicted octanol–water partition coefficient (Wildman–Crippen LogP) is 2.68. The number of aromatic nitrogens is 1. The first-order valence-electron chi connectivity index (χ1n) is 7.67. The Kier molecular flexibility index (Phi) is 8.91. The molecular weight excluding hydrogens is 302 g/mol. The molecule has 0 aliphatic carbocycles. The van der Waals surface area contributed by atoms with Crippen molar-refractivity contribution in [1.29, 1.82) is 0 Å². The lowest BCUT2D eigenvalue weighted by atomic mass is 10.3. The number of ether oxygens (including phenoxy) is 1. The van der Waals surface area contributed by atoms with Gasteiger partial charge in [0.15, 0.2) is 0 Å². The lowest BCUT2D eigenvalue weighted by Crippen LogP contribution is -2.46. The summed E-state index contributed by atoms with van der Waals surface area (Å²) in [6.07, 6.45) is 2.19. The van der Waals surface area contributed by atoms with Gasteiger partial charge >= 0.3 is 14.8 Å². The predicted molar refractivity (Wildman–Crippen MR) is 84.6 cm³/mol. The monoisotopic (exact) mass is 327 g/mol. The minimum Gasteiger partial charge on any atom is -0.461 e. The molecule has 0 atom stereocenters. The molecule has 0 radical (unpaired) electrons. The number of hydrogen-bond donors (Lipinski definition) is 0. The highest BCUT2D eigenvalue weighted by atomic mass is 28.4.